The number of morpholine rings is 1. The monoisotopic (exact) mass is 221 g/mol. The van der Waals surface area contributed by atoms with Gasteiger partial charge in [0.2, 0.25) is 0 Å². The third-order valence-corrected chi connectivity index (χ3v) is 2.20. The lowest BCUT2D eigenvalue weighted by Gasteiger charge is -2.10. The zero-order valence-corrected chi connectivity index (χ0v) is 9.48. The molecular weight excluding hydrogens is 202 g/mol. The molecule has 0 bridgehead atoms. The topological polar surface area (TPSA) is 41.5 Å². The van der Waals surface area contributed by atoms with Gasteiger partial charge in [0.05, 0.1) is 13.2 Å². The summed E-state index contributed by atoms with van der Waals surface area (Å²) in [5, 5.41) is 12.4. The van der Waals surface area contributed by atoms with Crippen LogP contribution in [0.5, 0.6) is 5.75 Å². The summed E-state index contributed by atoms with van der Waals surface area (Å²) in [6.07, 6.45) is 2.50. The van der Waals surface area contributed by atoms with Crippen molar-refractivity contribution < 1.29 is 9.84 Å². The van der Waals surface area contributed by atoms with Crippen molar-refractivity contribution in [1.82, 2.24) is 5.32 Å². The summed E-state index contributed by atoms with van der Waals surface area (Å²) >= 11 is 0. The molecule has 2 N–H and O–H groups in total. The van der Waals surface area contributed by atoms with E-state index in [2.05, 4.69) is 11.9 Å². The highest BCUT2D eigenvalue weighted by atomic mass is 16.5. The van der Waals surface area contributed by atoms with Crippen LogP contribution in [0.25, 0.3) is 0 Å². The summed E-state index contributed by atoms with van der Waals surface area (Å²) in [4.78, 5) is 0. The van der Waals surface area contributed by atoms with E-state index in [0.29, 0.717) is 5.75 Å². The third kappa shape index (κ3) is 4.96. The first-order valence-electron chi connectivity index (χ1n) is 5.51. The Morgan fingerprint density at radius 2 is 2.00 bits per heavy atom. The Morgan fingerprint density at radius 1 is 1.31 bits per heavy atom. The van der Waals surface area contributed by atoms with E-state index in [9.17, 15) is 5.11 Å². The van der Waals surface area contributed by atoms with Crippen molar-refractivity contribution >= 4 is 0 Å². The van der Waals surface area contributed by atoms with Gasteiger partial charge in [0.1, 0.15) is 5.75 Å². The largest absolute Gasteiger partial charge is 0.508 e. The molecule has 0 unspecified atom stereocenters. The van der Waals surface area contributed by atoms with Crippen LogP contribution in [0.2, 0.25) is 0 Å². The number of benzene rings is 1. The van der Waals surface area contributed by atoms with Gasteiger partial charge in [-0.15, -0.1) is 6.58 Å². The van der Waals surface area contributed by atoms with Crippen LogP contribution < -0.4 is 5.32 Å². The quantitative estimate of drug-likeness (QED) is 0.747. The van der Waals surface area contributed by atoms with E-state index in [0.717, 1.165) is 38.3 Å². The first kappa shape index (κ1) is 12.7. The van der Waals surface area contributed by atoms with Crippen molar-refractivity contribution in [3.8, 4) is 5.75 Å². The molecule has 0 atom stereocenters. The van der Waals surface area contributed by atoms with E-state index in [4.69, 9.17) is 4.74 Å². The van der Waals surface area contributed by atoms with Crippen molar-refractivity contribution in [2.75, 3.05) is 26.3 Å². The van der Waals surface area contributed by atoms with Gasteiger partial charge in [-0.2, -0.15) is 0 Å². The van der Waals surface area contributed by atoms with Crippen LogP contribution >= 0.6 is 0 Å². The van der Waals surface area contributed by atoms with Gasteiger partial charge in [-0.05, 0) is 18.1 Å². The second-order valence-electron chi connectivity index (χ2n) is 3.48. The molecule has 1 aliphatic rings. The van der Waals surface area contributed by atoms with Gasteiger partial charge in [-0.1, -0.05) is 24.3 Å². The number of phenolic OH excluding ortho intramolecular Hbond substituents is 1. The maximum atomic E-state index is 9.19. The molecule has 1 aliphatic heterocycles. The van der Waals surface area contributed by atoms with Crippen LogP contribution in [0.3, 0.4) is 0 Å². The fraction of sp³-hybridized carbons (Fsp3) is 0.385. The van der Waals surface area contributed by atoms with Crippen LogP contribution in [-0.4, -0.2) is 31.4 Å². The maximum absolute atomic E-state index is 9.19. The molecule has 3 nitrogen and oxygen atoms in total. The molecule has 0 saturated carbocycles. The second-order valence-corrected chi connectivity index (χ2v) is 3.48. The molecule has 1 heterocycles. The Morgan fingerprint density at radius 3 is 2.44 bits per heavy atom. The van der Waals surface area contributed by atoms with Gasteiger partial charge in [-0.3, -0.25) is 0 Å². The predicted molar refractivity (Wildman–Crippen MR) is 65.7 cm³/mol. The zero-order chi connectivity index (χ0) is 11.6. The summed E-state index contributed by atoms with van der Waals surface area (Å²) in [5.41, 5.74) is 0.928. The fourth-order valence-electron chi connectivity index (χ4n) is 1.35. The van der Waals surface area contributed by atoms with E-state index in [1.165, 1.54) is 0 Å². The molecular formula is C13H19NO2. The molecule has 0 aromatic heterocycles. The minimum atomic E-state index is 0.349. The Labute approximate surface area is 96.8 Å². The molecule has 0 aliphatic carbocycles. The molecule has 1 saturated heterocycles. The minimum absolute atomic E-state index is 0.349. The third-order valence-electron chi connectivity index (χ3n) is 2.20. The number of aromatic hydroxyl groups is 1. The van der Waals surface area contributed by atoms with Crippen molar-refractivity contribution in [2.24, 2.45) is 0 Å². The summed E-state index contributed by atoms with van der Waals surface area (Å²) in [7, 11) is 0. The number of allylic oxidation sites excluding steroid dienone is 1. The van der Waals surface area contributed by atoms with Gasteiger partial charge >= 0.3 is 0 Å². The van der Waals surface area contributed by atoms with Gasteiger partial charge in [0, 0.05) is 13.1 Å². The smallest absolute Gasteiger partial charge is 0.119 e. The normalized spacial score (nSPS) is 14.8. The summed E-state index contributed by atoms with van der Waals surface area (Å²) in [6.45, 7) is 7.42. The summed E-state index contributed by atoms with van der Waals surface area (Å²) < 4.78 is 5.01. The van der Waals surface area contributed by atoms with Crippen LogP contribution in [0.1, 0.15) is 5.56 Å². The lowest BCUT2D eigenvalue weighted by Crippen LogP contribution is -2.30. The van der Waals surface area contributed by atoms with Crippen LogP contribution in [0, 0.1) is 0 Å². The van der Waals surface area contributed by atoms with Crippen LogP contribution in [0.4, 0.5) is 0 Å². The summed E-state index contributed by atoms with van der Waals surface area (Å²) in [5.74, 6) is 0.349. The molecule has 1 fully saturated rings. The van der Waals surface area contributed by atoms with Gasteiger partial charge in [0.25, 0.3) is 0 Å². The molecule has 2 rings (SSSR count). The standard InChI is InChI=1S/C9H10O.C4H9NO/c1-2-5-8-6-3-4-7-9(8)10;1-3-6-4-2-5-1/h2-4,6-7,10H,1,5H2;5H,1-4H2. The van der Waals surface area contributed by atoms with Gasteiger partial charge < -0.3 is 15.2 Å². The van der Waals surface area contributed by atoms with Crippen molar-refractivity contribution in [3.05, 3.63) is 42.5 Å². The molecule has 0 amide bonds. The lowest BCUT2D eigenvalue weighted by molar-refractivity contribution is 0.109. The Kier molecular flexibility index (Phi) is 6.30. The molecule has 1 aromatic rings. The average Bonchev–Trinajstić information content (AvgIpc) is 2.35. The Bertz CT molecular complexity index is 297. The SMILES string of the molecule is C1COCCN1.C=CCc1ccccc1O. The molecule has 0 spiro atoms. The highest BCUT2D eigenvalue weighted by molar-refractivity contribution is 5.32. The Hall–Kier alpha value is -1.32. The number of rotatable bonds is 2. The average molecular weight is 221 g/mol. The molecule has 0 radical (unpaired) electrons. The zero-order valence-electron chi connectivity index (χ0n) is 9.48. The predicted octanol–water partition coefficient (Wildman–Crippen LogP) is 1.73. The van der Waals surface area contributed by atoms with Gasteiger partial charge in [-0.25, -0.2) is 0 Å². The molecule has 88 valence electrons. The van der Waals surface area contributed by atoms with Crippen molar-refractivity contribution in [2.45, 2.75) is 6.42 Å². The number of hydrogen-bond donors (Lipinski definition) is 2. The van der Waals surface area contributed by atoms with Crippen LogP contribution in [0.15, 0.2) is 36.9 Å². The highest BCUT2D eigenvalue weighted by Gasteiger charge is 1.94. The van der Waals surface area contributed by atoms with Crippen molar-refractivity contribution in [3.63, 3.8) is 0 Å². The molecule has 3 heteroatoms. The van der Waals surface area contributed by atoms with E-state index in [-0.39, 0.29) is 0 Å². The first-order valence-corrected chi connectivity index (χ1v) is 5.51. The maximum Gasteiger partial charge on any atom is 0.119 e. The number of phenols is 1. The number of nitrogens with one attached hydrogen (secondary N) is 1. The van der Waals surface area contributed by atoms with E-state index < -0.39 is 0 Å². The van der Waals surface area contributed by atoms with E-state index >= 15 is 0 Å². The van der Waals surface area contributed by atoms with E-state index in [1.807, 2.05) is 18.2 Å². The highest BCUT2D eigenvalue weighted by Crippen LogP contribution is 2.15. The number of hydrogen-bond acceptors (Lipinski definition) is 3. The summed E-state index contributed by atoms with van der Waals surface area (Å²) in [6, 6.07) is 7.27. The second kappa shape index (κ2) is 7.91. The van der Waals surface area contributed by atoms with Gasteiger partial charge in [0.15, 0.2) is 0 Å². The minimum Gasteiger partial charge on any atom is -0.508 e. The first-order chi connectivity index (χ1) is 7.84. The fourth-order valence-corrected chi connectivity index (χ4v) is 1.35. The number of ether oxygens (including phenoxy) is 1. The number of para-hydroxylation sites is 1. The lowest BCUT2D eigenvalue weighted by atomic mass is 10.1. The molecule has 1 aromatic carbocycles. The van der Waals surface area contributed by atoms with E-state index in [1.54, 1.807) is 12.1 Å². The van der Waals surface area contributed by atoms with Crippen molar-refractivity contribution in [1.29, 1.82) is 0 Å². The molecule has 16 heavy (non-hydrogen) atoms. The van der Waals surface area contributed by atoms with Crippen LogP contribution in [-0.2, 0) is 11.2 Å². The Balaban J connectivity index is 0.000000181.